The van der Waals surface area contributed by atoms with Crippen LogP contribution < -0.4 is 11.6 Å². The van der Waals surface area contributed by atoms with Crippen LogP contribution in [0.3, 0.4) is 0 Å². The van der Waals surface area contributed by atoms with Gasteiger partial charge in [0.15, 0.2) is 0 Å². The summed E-state index contributed by atoms with van der Waals surface area (Å²) in [5, 5.41) is 14.3. The van der Waals surface area contributed by atoms with Crippen molar-refractivity contribution in [1.29, 1.82) is 0 Å². The van der Waals surface area contributed by atoms with Crippen LogP contribution in [-0.2, 0) is 15.9 Å². The van der Waals surface area contributed by atoms with Crippen LogP contribution in [0.25, 0.3) is 16.6 Å². The molecule has 11 nitrogen and oxygen atoms in total. The van der Waals surface area contributed by atoms with E-state index in [-0.39, 0.29) is 11.6 Å². The molecule has 4 N–H and O–H groups in total. The zero-order chi connectivity index (χ0) is 24.3. The normalized spacial score (nSPS) is 11.2. The summed E-state index contributed by atoms with van der Waals surface area (Å²) in [6.07, 6.45) is 4.93. The topological polar surface area (TPSA) is 174 Å². The molecular weight excluding hydrogens is 448 g/mol. The monoisotopic (exact) mass is 468 g/mol. The van der Waals surface area contributed by atoms with Crippen LogP contribution in [0.5, 0.6) is 0 Å². The Morgan fingerprint density at radius 1 is 1.12 bits per heavy atom. The molecular formula is C21H20N6O5S. The number of rotatable bonds is 5. The molecule has 0 unspecified atom stereocenters. The van der Waals surface area contributed by atoms with Gasteiger partial charge in [0.2, 0.25) is 0 Å². The Morgan fingerprint density at radius 3 is 2.42 bits per heavy atom. The Hall–Kier alpha value is -4.47. The van der Waals surface area contributed by atoms with Crippen LogP contribution >= 0.6 is 0 Å². The Balaban J connectivity index is 0.000000294. The van der Waals surface area contributed by atoms with Gasteiger partial charge in [0.05, 0.1) is 20.8 Å². The van der Waals surface area contributed by atoms with E-state index in [1.807, 2.05) is 0 Å². The quantitative estimate of drug-likeness (QED) is 0.110. The molecule has 0 bridgehead atoms. The maximum atomic E-state index is 11.1. The van der Waals surface area contributed by atoms with Crippen molar-refractivity contribution in [1.82, 2.24) is 4.57 Å². The molecule has 12 heteroatoms. The number of aromatic nitrogens is 1. The van der Waals surface area contributed by atoms with Crippen molar-refractivity contribution < 1.29 is 17.9 Å². The second kappa shape index (κ2) is 11.8. The molecule has 33 heavy (non-hydrogen) atoms. The van der Waals surface area contributed by atoms with Crippen LogP contribution in [0, 0.1) is 16.2 Å². The molecule has 2 aromatic carbocycles. The van der Waals surface area contributed by atoms with Gasteiger partial charge in [-0.1, -0.05) is 42.5 Å². The molecule has 1 aromatic heterocycles. The lowest BCUT2D eigenvalue weighted by atomic mass is 10.2. The van der Waals surface area contributed by atoms with Gasteiger partial charge in [-0.25, -0.2) is 8.42 Å². The van der Waals surface area contributed by atoms with Crippen molar-refractivity contribution in [3.05, 3.63) is 105 Å². The third-order valence-electron chi connectivity index (χ3n) is 3.94. The Morgan fingerprint density at radius 2 is 1.79 bits per heavy atom. The van der Waals surface area contributed by atoms with E-state index in [0.717, 1.165) is 5.69 Å². The summed E-state index contributed by atoms with van der Waals surface area (Å²) >= 11 is 0. The molecule has 0 saturated carbocycles. The standard InChI is InChI=1S/C14H13N6O2.C7H8O3S/c15-14(18-16)17-9-3-5-11-6-4-10-19(11)12-7-1-2-8-13(12)20(21)22;8-11(9,10)6-7-4-2-1-3-5-7/h1-8,10H,16H2,(H2,15,18);1-5H,6H2,(H,8,9,10)/q+1;/p-1. The van der Waals surface area contributed by atoms with Gasteiger partial charge in [-0.05, 0) is 29.8 Å². The lowest BCUT2D eigenvalue weighted by molar-refractivity contribution is -0.384. The van der Waals surface area contributed by atoms with E-state index < -0.39 is 20.8 Å². The SMILES string of the molecule is NN=C(N)[N+]#CC=Cc1cccn1-c1ccccc1[N+](=O)[O-].O=S(=O)([O-])Cc1ccccc1. The number of hydrogen-bond donors (Lipinski definition) is 2. The maximum Gasteiger partial charge on any atom is 0.506 e. The number of benzene rings is 2. The van der Waals surface area contributed by atoms with E-state index in [1.54, 1.807) is 77.5 Å². The highest BCUT2D eigenvalue weighted by atomic mass is 32.2. The molecule has 0 radical (unpaired) electrons. The smallest absolute Gasteiger partial charge is 0.506 e. The first-order valence-corrected chi connectivity index (χ1v) is 10.8. The average molecular weight is 468 g/mol. The van der Waals surface area contributed by atoms with E-state index >= 15 is 0 Å². The zero-order valence-corrected chi connectivity index (χ0v) is 18.0. The van der Waals surface area contributed by atoms with Gasteiger partial charge in [0, 0.05) is 29.1 Å². The minimum absolute atomic E-state index is 0.0190. The molecule has 0 aliphatic heterocycles. The van der Waals surface area contributed by atoms with Gasteiger partial charge < -0.3 is 9.12 Å². The number of nitrogens with zero attached hydrogens (tertiary/aromatic N) is 4. The minimum Gasteiger partial charge on any atom is -0.748 e. The molecule has 0 aliphatic carbocycles. The van der Waals surface area contributed by atoms with Crippen molar-refractivity contribution in [3.63, 3.8) is 0 Å². The molecule has 0 fully saturated rings. The van der Waals surface area contributed by atoms with Crippen molar-refractivity contribution in [2.75, 3.05) is 0 Å². The van der Waals surface area contributed by atoms with Crippen molar-refractivity contribution in [3.8, 4) is 11.8 Å². The average Bonchev–Trinajstić information content (AvgIpc) is 3.25. The van der Waals surface area contributed by atoms with E-state index in [1.165, 1.54) is 12.1 Å². The van der Waals surface area contributed by atoms with Gasteiger partial charge in [0.25, 0.3) is 5.69 Å². The first-order valence-electron chi connectivity index (χ1n) is 9.26. The number of nitro benzene ring substituents is 1. The Bertz CT molecular complexity index is 1320. The summed E-state index contributed by atoms with van der Waals surface area (Å²) in [5.74, 6) is 4.41. The van der Waals surface area contributed by atoms with E-state index in [4.69, 9.17) is 11.6 Å². The number of hydrogen-bond acceptors (Lipinski definition) is 7. The van der Waals surface area contributed by atoms with Gasteiger partial charge in [-0.2, -0.15) is 4.85 Å². The third kappa shape index (κ3) is 8.29. The fraction of sp³-hybridized carbons (Fsp3) is 0.0476. The zero-order valence-electron chi connectivity index (χ0n) is 17.2. The van der Waals surface area contributed by atoms with Crippen LogP contribution in [0.2, 0.25) is 0 Å². The lowest BCUT2D eigenvalue weighted by Gasteiger charge is -2.06. The Kier molecular flexibility index (Phi) is 8.86. The van der Waals surface area contributed by atoms with Crippen LogP contribution in [-0.4, -0.2) is 28.4 Å². The fourth-order valence-electron chi connectivity index (χ4n) is 2.60. The molecule has 170 valence electrons. The van der Waals surface area contributed by atoms with Gasteiger partial charge >= 0.3 is 5.96 Å². The van der Waals surface area contributed by atoms with Crippen molar-refractivity contribution in [2.45, 2.75) is 5.75 Å². The number of allylic oxidation sites excluding steroid dienone is 1. The highest BCUT2D eigenvalue weighted by Crippen LogP contribution is 2.24. The van der Waals surface area contributed by atoms with Gasteiger partial charge in [-0.3, -0.25) is 21.7 Å². The molecule has 0 saturated heterocycles. The van der Waals surface area contributed by atoms with Gasteiger partial charge in [0.1, 0.15) is 11.8 Å². The third-order valence-corrected chi connectivity index (χ3v) is 4.63. The summed E-state index contributed by atoms with van der Waals surface area (Å²) < 4.78 is 32.4. The second-order valence-electron chi connectivity index (χ2n) is 6.30. The van der Waals surface area contributed by atoms with E-state index in [0.29, 0.717) is 11.3 Å². The lowest BCUT2D eigenvalue weighted by Crippen LogP contribution is -2.07. The molecule has 0 atom stereocenters. The first-order chi connectivity index (χ1) is 15.7. The summed E-state index contributed by atoms with van der Waals surface area (Å²) in [4.78, 5) is 14.3. The number of hydrazone groups is 1. The number of guanidine groups is 1. The van der Waals surface area contributed by atoms with Crippen LogP contribution in [0.4, 0.5) is 5.69 Å². The number of nitrogens with two attached hydrogens (primary N) is 2. The molecule has 1 heterocycles. The van der Waals surface area contributed by atoms with Crippen molar-refractivity contribution >= 4 is 27.8 Å². The van der Waals surface area contributed by atoms with Crippen molar-refractivity contribution in [2.24, 2.45) is 16.7 Å². The van der Waals surface area contributed by atoms with Crippen LogP contribution in [0.15, 0.2) is 84.1 Å². The summed E-state index contributed by atoms with van der Waals surface area (Å²) in [7, 11) is -4.13. The highest BCUT2D eigenvalue weighted by Gasteiger charge is 2.14. The Labute approximate surface area is 190 Å². The minimum atomic E-state index is -4.13. The summed E-state index contributed by atoms with van der Waals surface area (Å²) in [6.45, 7) is 0. The van der Waals surface area contributed by atoms with Gasteiger partial charge in [-0.15, -0.1) is 0 Å². The summed E-state index contributed by atoms with van der Waals surface area (Å²) in [6, 6.07) is 21.0. The fourth-order valence-corrected chi connectivity index (χ4v) is 3.21. The summed E-state index contributed by atoms with van der Waals surface area (Å²) in [5.41, 5.74) is 7.03. The first kappa shape index (κ1) is 24.8. The predicted octanol–water partition coefficient (Wildman–Crippen LogP) is 2.65. The molecule has 3 aromatic rings. The highest BCUT2D eigenvalue weighted by molar-refractivity contribution is 7.84. The van der Waals surface area contributed by atoms with E-state index in [9.17, 15) is 23.1 Å². The van der Waals surface area contributed by atoms with E-state index in [2.05, 4.69) is 16.0 Å². The molecule has 0 aliphatic rings. The second-order valence-corrected chi connectivity index (χ2v) is 7.70. The molecule has 0 spiro atoms. The number of nitro groups is 1. The number of para-hydroxylation sites is 2. The predicted molar refractivity (Wildman–Crippen MR) is 124 cm³/mol. The van der Waals surface area contributed by atoms with Crippen LogP contribution in [0.1, 0.15) is 11.3 Å². The molecule has 3 rings (SSSR count). The molecule has 0 amide bonds. The largest absolute Gasteiger partial charge is 0.748 e. The maximum absolute atomic E-state index is 11.1.